The van der Waals surface area contributed by atoms with Gasteiger partial charge in [-0.3, -0.25) is 0 Å². The minimum absolute atomic E-state index is 0.237. The number of carbonyl (C=O) groups excluding carboxylic acids is 1. The summed E-state index contributed by atoms with van der Waals surface area (Å²) in [4.78, 5) is 19.8. The highest BCUT2D eigenvalue weighted by Crippen LogP contribution is 2.16. The topological polar surface area (TPSA) is 129 Å². The second-order valence-corrected chi connectivity index (χ2v) is 8.89. The van der Waals surface area contributed by atoms with Crippen LogP contribution in [-0.2, 0) is 21.5 Å². The van der Waals surface area contributed by atoms with Gasteiger partial charge in [0.05, 0.1) is 18.6 Å². The zero-order valence-electron chi connectivity index (χ0n) is 17.3. The van der Waals surface area contributed by atoms with Crippen molar-refractivity contribution < 1.29 is 26.9 Å². The van der Waals surface area contributed by atoms with Gasteiger partial charge in [0.2, 0.25) is 5.95 Å². The maximum Gasteiger partial charge on any atom is 0.407 e. The summed E-state index contributed by atoms with van der Waals surface area (Å²) in [6.45, 7) is 6.44. The number of ether oxygens (including phenoxy) is 2. The van der Waals surface area contributed by atoms with Crippen LogP contribution in [0, 0.1) is 0 Å². The Hall–Kier alpha value is -3.08. The first-order valence-electron chi connectivity index (χ1n) is 9.14. The molecule has 0 aliphatic heterocycles. The summed E-state index contributed by atoms with van der Waals surface area (Å²) < 4.78 is 37.7. The number of hydrogen-bond acceptors (Lipinski definition) is 9. The Kier molecular flexibility index (Phi) is 7.81. The summed E-state index contributed by atoms with van der Waals surface area (Å²) in [6.07, 6.45) is 3.56. The second-order valence-electron chi connectivity index (χ2n) is 7.32. The average Bonchev–Trinajstić information content (AvgIpc) is 2.63. The summed E-state index contributed by atoms with van der Waals surface area (Å²) >= 11 is 0. The number of nitrogens with zero attached hydrogens (tertiary/aromatic N) is 2. The number of hydrogen-bond donors (Lipinski definition) is 2. The third-order valence-electron chi connectivity index (χ3n) is 3.28. The van der Waals surface area contributed by atoms with E-state index >= 15 is 0 Å². The van der Waals surface area contributed by atoms with Gasteiger partial charge in [0.25, 0.3) is 0 Å². The maximum absolute atomic E-state index is 11.5. The third kappa shape index (κ3) is 9.41. The average molecular weight is 439 g/mol. The minimum atomic E-state index is -3.55. The van der Waals surface area contributed by atoms with Crippen LogP contribution in [0.5, 0.6) is 11.5 Å². The van der Waals surface area contributed by atoms with E-state index in [-0.39, 0.29) is 12.4 Å². The third-order valence-corrected chi connectivity index (χ3v) is 3.78. The van der Waals surface area contributed by atoms with Gasteiger partial charge in [-0.15, -0.1) is 0 Å². The number of nitrogens with one attached hydrogen (secondary N) is 2. The fourth-order valence-electron chi connectivity index (χ4n) is 2.12. The Morgan fingerprint density at radius 2 is 1.67 bits per heavy atom. The van der Waals surface area contributed by atoms with Gasteiger partial charge in [-0.05, 0) is 38.5 Å². The van der Waals surface area contributed by atoms with Crippen molar-refractivity contribution in [3.05, 3.63) is 42.2 Å². The molecule has 0 saturated heterocycles. The lowest BCUT2D eigenvalue weighted by Gasteiger charge is -2.19. The Bertz CT molecular complexity index is 925. The lowest BCUT2D eigenvalue weighted by molar-refractivity contribution is 0.0530. The molecule has 0 bridgehead atoms. The van der Waals surface area contributed by atoms with Crippen molar-refractivity contribution >= 4 is 22.2 Å². The summed E-state index contributed by atoms with van der Waals surface area (Å²) in [5.41, 5.74) is 0.286. The van der Waals surface area contributed by atoms with Crippen molar-refractivity contribution in [3.63, 3.8) is 0 Å². The number of carbonyl (C=O) groups is 1. The van der Waals surface area contributed by atoms with Gasteiger partial charge in [0, 0.05) is 13.1 Å². The zero-order valence-corrected chi connectivity index (χ0v) is 18.2. The highest BCUT2D eigenvalue weighted by molar-refractivity contribution is 7.86. The Morgan fingerprint density at radius 1 is 1.03 bits per heavy atom. The quantitative estimate of drug-likeness (QED) is 0.447. The van der Waals surface area contributed by atoms with Crippen LogP contribution in [0.25, 0.3) is 0 Å². The van der Waals surface area contributed by atoms with Crippen LogP contribution in [-0.4, -0.2) is 49.4 Å². The van der Waals surface area contributed by atoms with E-state index in [1.165, 1.54) is 12.4 Å². The molecule has 1 amide bonds. The Labute approximate surface area is 176 Å². The molecule has 0 radical (unpaired) electrons. The van der Waals surface area contributed by atoms with Crippen LogP contribution in [0.15, 0.2) is 36.7 Å². The molecule has 0 aliphatic carbocycles. The largest absolute Gasteiger partial charge is 0.486 e. The first-order valence-corrected chi connectivity index (χ1v) is 11.0. The number of aromatic nitrogens is 2. The first kappa shape index (κ1) is 23.2. The van der Waals surface area contributed by atoms with Crippen LogP contribution in [0.4, 0.5) is 10.7 Å². The molecular formula is C19H26N4O6S. The van der Waals surface area contributed by atoms with Crippen molar-refractivity contribution in [3.8, 4) is 11.5 Å². The normalized spacial score (nSPS) is 11.5. The molecule has 1 aromatic carbocycles. The number of benzene rings is 1. The van der Waals surface area contributed by atoms with Crippen molar-refractivity contribution in [2.45, 2.75) is 33.0 Å². The van der Waals surface area contributed by atoms with E-state index in [0.29, 0.717) is 24.8 Å². The Morgan fingerprint density at radius 3 is 2.23 bits per heavy atom. The molecule has 2 aromatic rings. The highest BCUT2D eigenvalue weighted by atomic mass is 32.2. The lowest BCUT2D eigenvalue weighted by atomic mass is 10.2. The molecule has 1 heterocycles. The van der Waals surface area contributed by atoms with E-state index in [1.807, 2.05) is 0 Å². The van der Waals surface area contributed by atoms with Gasteiger partial charge in [-0.25, -0.2) is 14.8 Å². The van der Waals surface area contributed by atoms with Gasteiger partial charge in [0.15, 0.2) is 5.75 Å². The standard InChI is InChI=1S/C19H26N4O6S/c1-19(2,3)28-18(24)21-10-9-20-17-22-11-16(12-23-17)27-13-14-5-7-15(8-6-14)29-30(4,25)26/h5-8,11-12H,9-10,13H2,1-4H3,(H,21,24)(H,20,22,23). The molecule has 0 saturated carbocycles. The number of amides is 1. The molecule has 2 rings (SSSR count). The Balaban J connectivity index is 1.72. The predicted molar refractivity (Wildman–Crippen MR) is 111 cm³/mol. The van der Waals surface area contributed by atoms with Crippen LogP contribution in [0.1, 0.15) is 26.3 Å². The van der Waals surface area contributed by atoms with Crippen molar-refractivity contribution in [2.75, 3.05) is 24.7 Å². The van der Waals surface area contributed by atoms with Gasteiger partial charge in [-0.2, -0.15) is 8.42 Å². The molecule has 0 aliphatic rings. The van der Waals surface area contributed by atoms with E-state index in [4.69, 9.17) is 13.7 Å². The van der Waals surface area contributed by atoms with E-state index in [1.54, 1.807) is 45.0 Å². The van der Waals surface area contributed by atoms with Crippen molar-refractivity contribution in [2.24, 2.45) is 0 Å². The summed E-state index contributed by atoms with van der Waals surface area (Å²) in [6, 6.07) is 6.51. The molecule has 0 unspecified atom stereocenters. The van der Waals surface area contributed by atoms with Crippen molar-refractivity contribution in [1.82, 2.24) is 15.3 Å². The van der Waals surface area contributed by atoms with E-state index < -0.39 is 21.8 Å². The summed E-state index contributed by atoms with van der Waals surface area (Å²) in [5, 5.41) is 5.61. The van der Waals surface area contributed by atoms with Crippen molar-refractivity contribution in [1.29, 1.82) is 0 Å². The molecule has 0 atom stereocenters. The molecule has 10 nitrogen and oxygen atoms in total. The van der Waals surface area contributed by atoms with Gasteiger partial charge < -0.3 is 24.3 Å². The second kappa shape index (κ2) is 10.1. The number of rotatable bonds is 9. The molecular weight excluding hydrogens is 412 g/mol. The zero-order chi connectivity index (χ0) is 22.2. The SMILES string of the molecule is CC(C)(C)OC(=O)NCCNc1ncc(OCc2ccc(OS(C)(=O)=O)cc2)cn1. The maximum atomic E-state index is 11.5. The minimum Gasteiger partial charge on any atom is -0.486 e. The fraction of sp³-hybridized carbons (Fsp3) is 0.421. The van der Waals surface area contributed by atoms with Gasteiger partial charge >= 0.3 is 16.2 Å². The number of alkyl carbamates (subject to hydrolysis) is 1. The van der Waals surface area contributed by atoms with Gasteiger partial charge in [-0.1, -0.05) is 12.1 Å². The van der Waals surface area contributed by atoms with Crippen LogP contribution in [0.3, 0.4) is 0 Å². The first-order chi connectivity index (χ1) is 14.0. The highest BCUT2D eigenvalue weighted by Gasteiger charge is 2.15. The van der Waals surface area contributed by atoms with E-state index in [0.717, 1.165) is 11.8 Å². The van der Waals surface area contributed by atoms with Crippen LogP contribution >= 0.6 is 0 Å². The summed E-state index contributed by atoms with van der Waals surface area (Å²) in [7, 11) is -3.55. The summed E-state index contributed by atoms with van der Waals surface area (Å²) in [5.74, 6) is 1.11. The molecule has 2 N–H and O–H groups in total. The van der Waals surface area contributed by atoms with Gasteiger partial charge in [0.1, 0.15) is 18.0 Å². The van der Waals surface area contributed by atoms with E-state index in [2.05, 4.69) is 20.6 Å². The molecule has 1 aromatic heterocycles. The predicted octanol–water partition coefficient (Wildman–Crippen LogP) is 2.33. The van der Waals surface area contributed by atoms with Crippen LogP contribution in [0.2, 0.25) is 0 Å². The van der Waals surface area contributed by atoms with E-state index in [9.17, 15) is 13.2 Å². The smallest absolute Gasteiger partial charge is 0.407 e. The lowest BCUT2D eigenvalue weighted by Crippen LogP contribution is -2.35. The molecule has 0 fully saturated rings. The molecule has 11 heteroatoms. The molecule has 164 valence electrons. The molecule has 30 heavy (non-hydrogen) atoms. The monoisotopic (exact) mass is 438 g/mol. The molecule has 0 spiro atoms. The fourth-order valence-corrected chi connectivity index (χ4v) is 2.58. The number of anilines is 1. The van der Waals surface area contributed by atoms with Crippen LogP contribution < -0.4 is 19.6 Å².